The van der Waals surface area contributed by atoms with Gasteiger partial charge in [-0.2, -0.15) is 5.10 Å². The lowest BCUT2D eigenvalue weighted by molar-refractivity contribution is 0.224. The lowest BCUT2D eigenvalue weighted by Crippen LogP contribution is -2.15. The van der Waals surface area contributed by atoms with Crippen LogP contribution in [0.25, 0.3) is 0 Å². The summed E-state index contributed by atoms with van der Waals surface area (Å²) >= 11 is 0. The van der Waals surface area contributed by atoms with Gasteiger partial charge in [0.25, 0.3) is 0 Å². The Morgan fingerprint density at radius 1 is 1.75 bits per heavy atom. The van der Waals surface area contributed by atoms with Gasteiger partial charge in [-0.1, -0.05) is 0 Å². The fourth-order valence-corrected chi connectivity index (χ4v) is 1.25. The highest BCUT2D eigenvalue weighted by atomic mass is 16.6. The van der Waals surface area contributed by atoms with E-state index < -0.39 is 0 Å². The molecule has 1 aliphatic heterocycles. The molecule has 1 aromatic rings. The maximum Gasteiger partial charge on any atom is 0.238 e. The Morgan fingerprint density at radius 2 is 2.67 bits per heavy atom. The standard InChI is InChI=1S/C7H11N3O2/c1-11-9-6-5-8-10-3-2-4-12-7(6)10/h5,9H,2-4H2,1H3. The molecule has 5 heteroatoms. The van der Waals surface area contributed by atoms with Gasteiger partial charge in [0.1, 0.15) is 5.69 Å². The molecule has 0 aromatic carbocycles. The minimum atomic E-state index is 0.754. The molecule has 5 nitrogen and oxygen atoms in total. The molecule has 66 valence electrons. The first kappa shape index (κ1) is 7.42. The predicted octanol–water partition coefficient (Wildman–Crippen LogP) is 0.639. The summed E-state index contributed by atoms with van der Waals surface area (Å²) in [5, 5.41) is 4.12. The number of aromatic nitrogens is 2. The number of fused-ring (bicyclic) bond motifs is 1. The normalized spacial score (nSPS) is 15.1. The number of aryl methyl sites for hydroxylation is 1. The van der Waals surface area contributed by atoms with Crippen molar-refractivity contribution in [2.24, 2.45) is 0 Å². The highest BCUT2D eigenvalue weighted by Crippen LogP contribution is 2.26. The van der Waals surface area contributed by atoms with Gasteiger partial charge in [0.2, 0.25) is 5.88 Å². The molecule has 1 aromatic heterocycles. The number of anilines is 1. The van der Waals surface area contributed by atoms with Crippen molar-refractivity contribution in [3.8, 4) is 5.88 Å². The van der Waals surface area contributed by atoms with Crippen molar-refractivity contribution in [1.29, 1.82) is 0 Å². The second kappa shape index (κ2) is 3.02. The topological polar surface area (TPSA) is 48.3 Å². The van der Waals surface area contributed by atoms with E-state index in [9.17, 15) is 0 Å². The van der Waals surface area contributed by atoms with E-state index in [1.807, 2.05) is 4.68 Å². The van der Waals surface area contributed by atoms with Gasteiger partial charge in [-0.3, -0.25) is 10.3 Å². The summed E-state index contributed by atoms with van der Waals surface area (Å²) in [4.78, 5) is 4.77. The number of rotatable bonds is 2. The summed E-state index contributed by atoms with van der Waals surface area (Å²) in [6, 6.07) is 0. The fourth-order valence-electron chi connectivity index (χ4n) is 1.25. The van der Waals surface area contributed by atoms with Crippen molar-refractivity contribution in [3.63, 3.8) is 0 Å². The molecule has 0 radical (unpaired) electrons. The lowest BCUT2D eigenvalue weighted by atomic mass is 10.4. The van der Waals surface area contributed by atoms with Crippen LogP contribution in [0.1, 0.15) is 6.42 Å². The van der Waals surface area contributed by atoms with Gasteiger partial charge in [0.15, 0.2) is 0 Å². The van der Waals surface area contributed by atoms with Crippen LogP contribution in [0.15, 0.2) is 6.20 Å². The molecule has 1 N–H and O–H groups in total. The Hall–Kier alpha value is -1.23. The summed E-state index contributed by atoms with van der Waals surface area (Å²) in [5.41, 5.74) is 3.50. The molecule has 1 aliphatic rings. The van der Waals surface area contributed by atoms with E-state index in [1.54, 1.807) is 13.3 Å². The second-order valence-corrected chi connectivity index (χ2v) is 2.59. The third-order valence-corrected chi connectivity index (χ3v) is 1.76. The van der Waals surface area contributed by atoms with E-state index in [-0.39, 0.29) is 0 Å². The maximum atomic E-state index is 5.41. The van der Waals surface area contributed by atoms with Crippen molar-refractivity contribution in [1.82, 2.24) is 9.78 Å². The van der Waals surface area contributed by atoms with Crippen LogP contribution in [-0.2, 0) is 11.4 Å². The Kier molecular flexibility index (Phi) is 1.87. The Bertz CT molecular complexity index is 272. The van der Waals surface area contributed by atoms with Crippen LogP contribution in [0.5, 0.6) is 5.88 Å². The smallest absolute Gasteiger partial charge is 0.238 e. The number of hydrogen-bond acceptors (Lipinski definition) is 4. The van der Waals surface area contributed by atoms with Crippen LogP contribution in [0.2, 0.25) is 0 Å². The van der Waals surface area contributed by atoms with E-state index in [1.165, 1.54) is 0 Å². The maximum absolute atomic E-state index is 5.41. The first-order valence-corrected chi connectivity index (χ1v) is 3.89. The average Bonchev–Trinajstić information content (AvgIpc) is 2.50. The molecule has 0 spiro atoms. The second-order valence-electron chi connectivity index (χ2n) is 2.59. The van der Waals surface area contributed by atoms with Crippen molar-refractivity contribution in [3.05, 3.63) is 6.20 Å². The van der Waals surface area contributed by atoms with E-state index in [2.05, 4.69) is 10.6 Å². The molecule has 0 bridgehead atoms. The summed E-state index contributed by atoms with van der Waals surface area (Å²) < 4.78 is 7.23. The van der Waals surface area contributed by atoms with Gasteiger partial charge in [-0.25, -0.2) is 4.68 Å². The lowest BCUT2D eigenvalue weighted by Gasteiger charge is -2.15. The van der Waals surface area contributed by atoms with Gasteiger partial charge >= 0.3 is 0 Å². The van der Waals surface area contributed by atoms with Gasteiger partial charge in [-0.15, -0.1) is 0 Å². The Labute approximate surface area is 70.2 Å². The van der Waals surface area contributed by atoms with Crippen LogP contribution in [-0.4, -0.2) is 23.5 Å². The largest absolute Gasteiger partial charge is 0.476 e. The zero-order chi connectivity index (χ0) is 8.39. The molecule has 0 amide bonds. The zero-order valence-electron chi connectivity index (χ0n) is 6.91. The highest BCUT2D eigenvalue weighted by molar-refractivity contribution is 5.49. The van der Waals surface area contributed by atoms with Crippen LogP contribution in [0.3, 0.4) is 0 Å². The van der Waals surface area contributed by atoms with E-state index in [0.717, 1.165) is 31.1 Å². The van der Waals surface area contributed by atoms with Crippen LogP contribution in [0.4, 0.5) is 5.69 Å². The third kappa shape index (κ3) is 1.12. The number of nitrogens with one attached hydrogen (secondary N) is 1. The summed E-state index contributed by atoms with van der Waals surface area (Å²) in [6.45, 7) is 1.67. The van der Waals surface area contributed by atoms with Crippen molar-refractivity contribution in [2.45, 2.75) is 13.0 Å². The van der Waals surface area contributed by atoms with Crippen LogP contribution < -0.4 is 10.2 Å². The van der Waals surface area contributed by atoms with Gasteiger partial charge in [-0.05, 0) is 0 Å². The van der Waals surface area contributed by atoms with E-state index >= 15 is 0 Å². The Balaban J connectivity index is 2.25. The number of ether oxygens (including phenoxy) is 1. The molecule has 0 saturated heterocycles. The summed E-state index contributed by atoms with van der Waals surface area (Å²) in [6.07, 6.45) is 2.71. The molecular weight excluding hydrogens is 158 g/mol. The number of hydrogen-bond donors (Lipinski definition) is 1. The van der Waals surface area contributed by atoms with Gasteiger partial charge < -0.3 is 4.74 Å². The van der Waals surface area contributed by atoms with Gasteiger partial charge in [0.05, 0.1) is 19.9 Å². The van der Waals surface area contributed by atoms with Crippen molar-refractivity contribution >= 4 is 5.69 Å². The van der Waals surface area contributed by atoms with Crippen molar-refractivity contribution < 1.29 is 9.57 Å². The molecule has 0 saturated carbocycles. The quantitative estimate of drug-likeness (QED) is 0.660. The predicted molar refractivity (Wildman–Crippen MR) is 43.0 cm³/mol. The summed E-state index contributed by atoms with van der Waals surface area (Å²) in [7, 11) is 1.56. The molecule has 0 aliphatic carbocycles. The molecular formula is C7H11N3O2. The Morgan fingerprint density at radius 3 is 3.50 bits per heavy atom. The highest BCUT2D eigenvalue weighted by Gasteiger charge is 2.15. The van der Waals surface area contributed by atoms with Gasteiger partial charge in [0, 0.05) is 13.0 Å². The third-order valence-electron chi connectivity index (χ3n) is 1.76. The van der Waals surface area contributed by atoms with Crippen LogP contribution >= 0.6 is 0 Å². The first-order valence-electron chi connectivity index (χ1n) is 3.89. The first-order chi connectivity index (χ1) is 5.92. The summed E-state index contributed by atoms with van der Waals surface area (Å²) in [5.74, 6) is 0.767. The molecule has 2 heterocycles. The van der Waals surface area contributed by atoms with E-state index in [4.69, 9.17) is 9.57 Å². The minimum absolute atomic E-state index is 0.754. The fraction of sp³-hybridized carbons (Fsp3) is 0.571. The average molecular weight is 169 g/mol. The molecule has 2 rings (SSSR count). The molecule has 0 unspecified atom stereocenters. The van der Waals surface area contributed by atoms with Crippen molar-refractivity contribution in [2.75, 3.05) is 19.2 Å². The minimum Gasteiger partial charge on any atom is -0.476 e. The SMILES string of the molecule is CONc1cnn2c1OCCC2. The monoisotopic (exact) mass is 169 g/mol. The van der Waals surface area contributed by atoms with E-state index in [0.29, 0.717) is 0 Å². The number of nitrogens with zero attached hydrogens (tertiary/aromatic N) is 2. The zero-order valence-corrected chi connectivity index (χ0v) is 6.91. The molecule has 0 fully saturated rings. The molecule has 0 atom stereocenters. The molecule has 12 heavy (non-hydrogen) atoms. The van der Waals surface area contributed by atoms with Crippen LogP contribution in [0, 0.1) is 0 Å².